The van der Waals surface area contributed by atoms with E-state index in [1.807, 2.05) is 12.1 Å². The van der Waals surface area contributed by atoms with Crippen LogP contribution in [-0.2, 0) is 6.42 Å². The molecule has 0 saturated heterocycles. The quantitative estimate of drug-likeness (QED) is 0.819. The summed E-state index contributed by atoms with van der Waals surface area (Å²) in [4.78, 5) is 2.60. The lowest BCUT2D eigenvalue weighted by Crippen LogP contribution is -2.22. The second kappa shape index (κ2) is 6.64. The first-order valence-corrected chi connectivity index (χ1v) is 7.94. The van der Waals surface area contributed by atoms with Crippen LogP contribution in [0.5, 0.6) is 0 Å². The highest BCUT2D eigenvalue weighted by atomic mass is 79.9. The molecule has 1 unspecified atom stereocenters. The van der Waals surface area contributed by atoms with Crippen molar-refractivity contribution in [2.75, 3.05) is 6.54 Å². The fraction of sp³-hybridized carbons (Fsp3) is 0.333. The fourth-order valence-corrected chi connectivity index (χ4v) is 4.10. The van der Waals surface area contributed by atoms with E-state index < -0.39 is 0 Å². The summed E-state index contributed by atoms with van der Waals surface area (Å²) < 4.78 is 14.1. The van der Waals surface area contributed by atoms with Gasteiger partial charge in [0.05, 0.1) is 0 Å². The van der Waals surface area contributed by atoms with Crippen molar-refractivity contribution < 1.29 is 4.39 Å². The summed E-state index contributed by atoms with van der Waals surface area (Å²) in [5.41, 5.74) is 1.14. The molecule has 1 nitrogen and oxygen atoms in total. The Morgan fingerprint density at radius 1 is 1.32 bits per heavy atom. The van der Waals surface area contributed by atoms with Crippen LogP contribution in [0.1, 0.15) is 28.3 Å². The van der Waals surface area contributed by atoms with E-state index in [0.29, 0.717) is 0 Å². The van der Waals surface area contributed by atoms with Crippen LogP contribution in [0.15, 0.2) is 34.8 Å². The first kappa shape index (κ1) is 14.7. The Balaban J connectivity index is 2.20. The number of benzene rings is 1. The molecular formula is C15H17BrFNS. The van der Waals surface area contributed by atoms with Crippen LogP contribution < -0.4 is 5.32 Å². The molecule has 0 spiro atoms. The van der Waals surface area contributed by atoms with Gasteiger partial charge in [-0.25, -0.2) is 4.39 Å². The summed E-state index contributed by atoms with van der Waals surface area (Å²) in [6.45, 7) is 5.13. The first-order chi connectivity index (χ1) is 9.10. The van der Waals surface area contributed by atoms with Crippen LogP contribution in [0.25, 0.3) is 0 Å². The summed E-state index contributed by atoms with van der Waals surface area (Å²) in [5, 5.41) is 3.50. The number of likely N-dealkylation sites (N-methyl/N-ethyl adjacent to an activating group) is 1. The Morgan fingerprint density at radius 2 is 2.00 bits per heavy atom. The minimum absolute atomic E-state index is 0.183. The molecule has 0 aliphatic rings. The number of aryl methyl sites for hydroxylation is 1. The predicted molar refractivity (Wildman–Crippen MR) is 83.3 cm³/mol. The number of rotatable bonds is 5. The molecule has 0 fully saturated rings. The monoisotopic (exact) mass is 341 g/mol. The SMILES string of the molecule is CCNC(Cc1ccc(F)cc1)c1sc(C)cc1Br. The van der Waals surface area contributed by atoms with Crippen LogP contribution in [-0.4, -0.2) is 6.54 Å². The Kier molecular flexibility index (Phi) is 5.13. The van der Waals surface area contributed by atoms with Crippen LogP contribution in [0.3, 0.4) is 0 Å². The van der Waals surface area contributed by atoms with Gasteiger partial charge >= 0.3 is 0 Å². The largest absolute Gasteiger partial charge is 0.309 e. The molecule has 19 heavy (non-hydrogen) atoms. The Morgan fingerprint density at radius 3 is 2.53 bits per heavy atom. The maximum atomic E-state index is 12.9. The maximum Gasteiger partial charge on any atom is 0.123 e. The highest BCUT2D eigenvalue weighted by Gasteiger charge is 2.16. The van der Waals surface area contributed by atoms with E-state index in [4.69, 9.17) is 0 Å². The molecule has 1 heterocycles. The Bertz CT molecular complexity index is 536. The van der Waals surface area contributed by atoms with Crippen molar-refractivity contribution in [3.63, 3.8) is 0 Å². The van der Waals surface area contributed by atoms with Crippen molar-refractivity contribution in [3.8, 4) is 0 Å². The van der Waals surface area contributed by atoms with Gasteiger partial charge in [-0.15, -0.1) is 11.3 Å². The van der Waals surface area contributed by atoms with Crippen molar-refractivity contribution >= 4 is 27.3 Å². The second-order valence-electron chi connectivity index (χ2n) is 4.51. The van der Waals surface area contributed by atoms with Crippen molar-refractivity contribution in [1.29, 1.82) is 0 Å². The van der Waals surface area contributed by atoms with Gasteiger partial charge in [0.15, 0.2) is 0 Å². The number of hydrogen-bond acceptors (Lipinski definition) is 2. The molecule has 4 heteroatoms. The summed E-state index contributed by atoms with van der Waals surface area (Å²) in [6, 6.07) is 9.17. The van der Waals surface area contributed by atoms with E-state index in [0.717, 1.165) is 23.0 Å². The summed E-state index contributed by atoms with van der Waals surface area (Å²) in [6.07, 6.45) is 0.868. The molecular weight excluding hydrogens is 325 g/mol. The average Bonchev–Trinajstić information content (AvgIpc) is 2.71. The lowest BCUT2D eigenvalue weighted by atomic mass is 10.0. The summed E-state index contributed by atoms with van der Waals surface area (Å²) in [5.74, 6) is -0.183. The average molecular weight is 342 g/mol. The van der Waals surface area contributed by atoms with Crippen LogP contribution in [0, 0.1) is 12.7 Å². The lowest BCUT2D eigenvalue weighted by molar-refractivity contribution is 0.555. The number of hydrogen-bond donors (Lipinski definition) is 1. The van der Waals surface area contributed by atoms with E-state index in [9.17, 15) is 4.39 Å². The van der Waals surface area contributed by atoms with Crippen molar-refractivity contribution in [2.24, 2.45) is 0 Å². The van der Waals surface area contributed by atoms with E-state index in [-0.39, 0.29) is 11.9 Å². The third-order valence-corrected chi connectivity index (χ3v) is 5.04. The second-order valence-corrected chi connectivity index (χ2v) is 6.65. The van der Waals surface area contributed by atoms with Crippen LogP contribution in [0.4, 0.5) is 4.39 Å². The summed E-state index contributed by atoms with van der Waals surface area (Å²) in [7, 11) is 0. The molecule has 0 aliphatic heterocycles. The van der Waals surface area contributed by atoms with Gasteiger partial charge in [-0.1, -0.05) is 19.1 Å². The van der Waals surface area contributed by atoms with Gasteiger partial charge in [0.1, 0.15) is 5.82 Å². The zero-order chi connectivity index (χ0) is 13.8. The molecule has 2 aromatic rings. The smallest absolute Gasteiger partial charge is 0.123 e. The van der Waals surface area contributed by atoms with Crippen molar-refractivity contribution in [3.05, 3.63) is 55.9 Å². The van der Waals surface area contributed by atoms with Crippen LogP contribution >= 0.6 is 27.3 Å². The van der Waals surface area contributed by atoms with E-state index in [1.54, 1.807) is 11.3 Å². The molecule has 1 atom stereocenters. The molecule has 0 aliphatic carbocycles. The number of nitrogens with one attached hydrogen (secondary N) is 1. The molecule has 0 bridgehead atoms. The zero-order valence-corrected chi connectivity index (χ0v) is 13.4. The Labute approximate surface area is 126 Å². The Hall–Kier alpha value is -0.710. The standard InChI is InChI=1S/C15H17BrFNS/c1-3-18-14(15-13(16)8-10(2)19-15)9-11-4-6-12(17)7-5-11/h4-8,14,18H,3,9H2,1-2H3. The van der Waals surface area contributed by atoms with Crippen LogP contribution in [0.2, 0.25) is 0 Å². The molecule has 0 amide bonds. The maximum absolute atomic E-state index is 12.9. The molecule has 1 N–H and O–H groups in total. The number of halogens is 2. The first-order valence-electron chi connectivity index (χ1n) is 6.33. The summed E-state index contributed by atoms with van der Waals surface area (Å²) >= 11 is 5.42. The van der Waals surface area contributed by atoms with E-state index >= 15 is 0 Å². The van der Waals surface area contributed by atoms with Gasteiger partial charge < -0.3 is 5.32 Å². The van der Waals surface area contributed by atoms with Crippen molar-refractivity contribution in [2.45, 2.75) is 26.3 Å². The number of thiophene rings is 1. The minimum atomic E-state index is -0.183. The van der Waals surface area contributed by atoms with Gasteiger partial charge in [0.25, 0.3) is 0 Å². The molecule has 2 rings (SSSR count). The molecule has 1 aromatic heterocycles. The molecule has 0 radical (unpaired) electrons. The van der Waals surface area contributed by atoms with Gasteiger partial charge in [-0.2, -0.15) is 0 Å². The highest BCUT2D eigenvalue weighted by molar-refractivity contribution is 9.10. The lowest BCUT2D eigenvalue weighted by Gasteiger charge is -2.17. The molecule has 0 saturated carbocycles. The minimum Gasteiger partial charge on any atom is -0.309 e. The van der Waals surface area contributed by atoms with Gasteiger partial charge in [-0.05, 0) is 59.6 Å². The fourth-order valence-electron chi connectivity index (χ4n) is 2.10. The topological polar surface area (TPSA) is 12.0 Å². The van der Waals surface area contributed by atoms with Gasteiger partial charge in [0.2, 0.25) is 0 Å². The van der Waals surface area contributed by atoms with Gasteiger partial charge in [-0.3, -0.25) is 0 Å². The third-order valence-electron chi connectivity index (χ3n) is 2.96. The molecule has 102 valence electrons. The molecule has 1 aromatic carbocycles. The highest BCUT2D eigenvalue weighted by Crippen LogP contribution is 2.33. The van der Waals surface area contributed by atoms with E-state index in [2.05, 4.69) is 41.2 Å². The van der Waals surface area contributed by atoms with Crippen molar-refractivity contribution in [1.82, 2.24) is 5.32 Å². The normalized spacial score (nSPS) is 12.6. The zero-order valence-electron chi connectivity index (χ0n) is 11.0. The third kappa shape index (κ3) is 3.88. The van der Waals surface area contributed by atoms with Gasteiger partial charge in [0, 0.05) is 20.3 Å². The predicted octanol–water partition coefficient (Wildman–Crippen LogP) is 4.85. The van der Waals surface area contributed by atoms with E-state index in [1.165, 1.54) is 21.9 Å².